The first-order valence-corrected chi connectivity index (χ1v) is 7.16. The minimum Gasteiger partial charge on any atom is -0.309 e. The lowest BCUT2D eigenvalue weighted by Crippen LogP contribution is -2.00. The Balaban J connectivity index is 3.76. The molecule has 0 aliphatic rings. The SMILES string of the molecule is CCOP(=O)(CCCCCC#N)OCC. The summed E-state index contributed by atoms with van der Waals surface area (Å²) in [6.45, 7) is 4.44. The minimum absolute atomic E-state index is 0.412. The van der Waals surface area contributed by atoms with Gasteiger partial charge in [-0.2, -0.15) is 5.26 Å². The lowest BCUT2D eigenvalue weighted by Gasteiger charge is -2.16. The summed E-state index contributed by atoms with van der Waals surface area (Å²) in [7, 11) is -2.85. The molecular weight excluding hydrogens is 213 g/mol. The standard InChI is InChI=1S/C10H20NO3P/c1-3-13-15(12,14-4-2)10-8-6-5-7-9-11/h3-8,10H2,1-2H3. The Morgan fingerprint density at radius 3 is 2.20 bits per heavy atom. The zero-order chi connectivity index (χ0) is 11.6. The fraction of sp³-hybridized carbons (Fsp3) is 0.900. The maximum atomic E-state index is 11.9. The van der Waals surface area contributed by atoms with Crippen molar-refractivity contribution in [2.45, 2.75) is 39.5 Å². The van der Waals surface area contributed by atoms with Crippen LogP contribution in [0.1, 0.15) is 39.5 Å². The third-order valence-electron chi connectivity index (χ3n) is 1.87. The molecule has 0 aromatic carbocycles. The van der Waals surface area contributed by atoms with Gasteiger partial charge in [-0.3, -0.25) is 4.57 Å². The quantitative estimate of drug-likeness (QED) is 0.452. The number of nitrogens with zero attached hydrogens (tertiary/aromatic N) is 1. The normalized spacial score (nSPS) is 11.3. The molecule has 15 heavy (non-hydrogen) atoms. The van der Waals surface area contributed by atoms with Gasteiger partial charge in [0.1, 0.15) is 0 Å². The van der Waals surface area contributed by atoms with Crippen LogP contribution in [0.25, 0.3) is 0 Å². The van der Waals surface area contributed by atoms with Crippen molar-refractivity contribution in [2.75, 3.05) is 19.4 Å². The zero-order valence-corrected chi connectivity index (χ0v) is 10.5. The first-order chi connectivity index (χ1) is 7.18. The van der Waals surface area contributed by atoms with Crippen LogP contribution in [0.3, 0.4) is 0 Å². The predicted molar refractivity (Wildman–Crippen MR) is 59.8 cm³/mol. The molecule has 0 saturated carbocycles. The second-order valence-corrected chi connectivity index (χ2v) is 5.32. The van der Waals surface area contributed by atoms with Gasteiger partial charge in [0.25, 0.3) is 0 Å². The van der Waals surface area contributed by atoms with Crippen molar-refractivity contribution in [3.63, 3.8) is 0 Å². The van der Waals surface area contributed by atoms with Gasteiger partial charge in [-0.1, -0.05) is 6.42 Å². The molecule has 0 rings (SSSR count). The van der Waals surface area contributed by atoms with Crippen LogP contribution < -0.4 is 0 Å². The molecule has 0 spiro atoms. The van der Waals surface area contributed by atoms with Gasteiger partial charge in [0, 0.05) is 6.42 Å². The second-order valence-electron chi connectivity index (χ2n) is 3.14. The fourth-order valence-corrected chi connectivity index (χ4v) is 2.98. The Morgan fingerprint density at radius 2 is 1.73 bits per heavy atom. The van der Waals surface area contributed by atoms with Crippen LogP contribution in [0.15, 0.2) is 0 Å². The van der Waals surface area contributed by atoms with E-state index in [9.17, 15) is 4.57 Å². The van der Waals surface area contributed by atoms with E-state index in [0.717, 1.165) is 19.3 Å². The number of unbranched alkanes of at least 4 members (excludes halogenated alkanes) is 3. The van der Waals surface area contributed by atoms with Gasteiger partial charge >= 0.3 is 7.60 Å². The van der Waals surface area contributed by atoms with Gasteiger partial charge in [-0.25, -0.2) is 0 Å². The topological polar surface area (TPSA) is 59.3 Å². The number of nitriles is 1. The largest absolute Gasteiger partial charge is 0.330 e. The maximum absolute atomic E-state index is 11.9. The number of rotatable bonds is 9. The Hall–Kier alpha value is -0.360. The summed E-state index contributed by atoms with van der Waals surface area (Å²) >= 11 is 0. The van der Waals surface area contributed by atoms with Crippen molar-refractivity contribution in [1.29, 1.82) is 5.26 Å². The van der Waals surface area contributed by atoms with E-state index in [1.165, 1.54) is 0 Å². The Kier molecular flexibility index (Phi) is 8.70. The smallest absolute Gasteiger partial charge is 0.309 e. The molecule has 0 unspecified atom stereocenters. The van der Waals surface area contributed by atoms with Gasteiger partial charge in [0.15, 0.2) is 0 Å². The second kappa shape index (κ2) is 8.91. The van der Waals surface area contributed by atoms with E-state index < -0.39 is 7.60 Å². The molecule has 0 aliphatic heterocycles. The van der Waals surface area contributed by atoms with Crippen LogP contribution in [0.2, 0.25) is 0 Å². The van der Waals surface area contributed by atoms with E-state index in [1.807, 2.05) is 0 Å². The van der Waals surface area contributed by atoms with E-state index in [4.69, 9.17) is 14.3 Å². The molecule has 0 heterocycles. The molecule has 4 nitrogen and oxygen atoms in total. The predicted octanol–water partition coefficient (Wildman–Crippen LogP) is 3.34. The van der Waals surface area contributed by atoms with Crippen LogP contribution in [-0.4, -0.2) is 19.4 Å². The van der Waals surface area contributed by atoms with Gasteiger partial charge in [-0.05, 0) is 26.7 Å². The van der Waals surface area contributed by atoms with Crippen molar-refractivity contribution in [2.24, 2.45) is 0 Å². The molecule has 0 N–H and O–H groups in total. The first-order valence-electron chi connectivity index (χ1n) is 5.43. The molecule has 0 aromatic rings. The molecular formula is C10H20NO3P. The molecule has 0 aromatic heterocycles. The van der Waals surface area contributed by atoms with Gasteiger partial charge in [0.2, 0.25) is 0 Å². The molecule has 0 radical (unpaired) electrons. The zero-order valence-electron chi connectivity index (χ0n) is 9.57. The molecule has 0 fully saturated rings. The summed E-state index contributed by atoms with van der Waals surface area (Å²) < 4.78 is 22.2. The third kappa shape index (κ3) is 7.56. The molecule has 0 saturated heterocycles. The highest BCUT2D eigenvalue weighted by Gasteiger charge is 2.22. The highest BCUT2D eigenvalue weighted by molar-refractivity contribution is 7.53. The third-order valence-corrected chi connectivity index (χ3v) is 4.04. The van der Waals surface area contributed by atoms with E-state index in [2.05, 4.69) is 6.07 Å². The van der Waals surface area contributed by atoms with Gasteiger partial charge in [0.05, 0.1) is 25.4 Å². The first kappa shape index (κ1) is 14.6. The lowest BCUT2D eigenvalue weighted by atomic mass is 10.2. The van der Waals surface area contributed by atoms with Gasteiger partial charge in [-0.15, -0.1) is 0 Å². The summed E-state index contributed by atoms with van der Waals surface area (Å²) in [5.41, 5.74) is 0. The average Bonchev–Trinajstić information content (AvgIpc) is 2.18. The van der Waals surface area contributed by atoms with Crippen LogP contribution in [-0.2, 0) is 13.6 Å². The molecule has 5 heteroatoms. The summed E-state index contributed by atoms with van der Waals surface area (Å²) in [5.74, 6) is 0. The van der Waals surface area contributed by atoms with E-state index in [0.29, 0.717) is 25.8 Å². The average molecular weight is 233 g/mol. The van der Waals surface area contributed by atoms with Crippen LogP contribution >= 0.6 is 7.60 Å². The monoisotopic (exact) mass is 233 g/mol. The number of hydrogen-bond acceptors (Lipinski definition) is 4. The molecule has 0 amide bonds. The van der Waals surface area contributed by atoms with Crippen LogP contribution in [0.5, 0.6) is 0 Å². The summed E-state index contributed by atoms with van der Waals surface area (Å²) in [6, 6.07) is 2.08. The molecule has 0 bridgehead atoms. The molecule has 0 atom stereocenters. The van der Waals surface area contributed by atoms with Crippen molar-refractivity contribution in [3.05, 3.63) is 0 Å². The van der Waals surface area contributed by atoms with Crippen LogP contribution in [0.4, 0.5) is 0 Å². The van der Waals surface area contributed by atoms with E-state index in [-0.39, 0.29) is 0 Å². The Bertz CT molecular complexity index is 227. The maximum Gasteiger partial charge on any atom is 0.330 e. The van der Waals surface area contributed by atoms with Crippen molar-refractivity contribution in [3.8, 4) is 6.07 Å². The Morgan fingerprint density at radius 1 is 1.13 bits per heavy atom. The summed E-state index contributed by atoms with van der Waals surface area (Å²) in [6.07, 6.45) is 3.57. The van der Waals surface area contributed by atoms with Crippen molar-refractivity contribution >= 4 is 7.60 Å². The van der Waals surface area contributed by atoms with E-state index in [1.54, 1.807) is 13.8 Å². The molecule has 88 valence electrons. The lowest BCUT2D eigenvalue weighted by molar-refractivity contribution is 0.219. The van der Waals surface area contributed by atoms with Crippen LogP contribution in [0, 0.1) is 11.3 Å². The summed E-state index contributed by atoms with van der Waals surface area (Å²) in [4.78, 5) is 0. The summed E-state index contributed by atoms with van der Waals surface area (Å²) in [5, 5.41) is 8.34. The van der Waals surface area contributed by atoms with Crippen molar-refractivity contribution < 1.29 is 13.6 Å². The minimum atomic E-state index is -2.85. The van der Waals surface area contributed by atoms with E-state index >= 15 is 0 Å². The number of hydrogen-bond donors (Lipinski definition) is 0. The molecule has 0 aliphatic carbocycles. The van der Waals surface area contributed by atoms with Crippen molar-refractivity contribution in [1.82, 2.24) is 0 Å². The highest BCUT2D eigenvalue weighted by Crippen LogP contribution is 2.48. The fourth-order valence-electron chi connectivity index (χ4n) is 1.25. The highest BCUT2D eigenvalue weighted by atomic mass is 31.2. The Labute approximate surface area is 92.1 Å². The van der Waals surface area contributed by atoms with Gasteiger partial charge < -0.3 is 9.05 Å².